The Hall–Kier alpha value is -3.10. The number of hydrogen-bond donors (Lipinski definition) is 4. The number of likely N-dealkylation sites (tertiary alicyclic amines) is 1. The minimum atomic E-state index is -0.880. The second kappa shape index (κ2) is 21.6. The molecule has 1 fully saturated rings. The molecule has 13 nitrogen and oxygen atoms in total. The van der Waals surface area contributed by atoms with Crippen LogP contribution in [0.3, 0.4) is 0 Å². The van der Waals surface area contributed by atoms with Crippen LogP contribution in [0.25, 0.3) is 0 Å². The molecule has 2 rings (SSSR count). The molecule has 10 atom stereocenters. The highest BCUT2D eigenvalue weighted by Gasteiger charge is 2.43. The van der Waals surface area contributed by atoms with Gasteiger partial charge in [0.25, 0.3) is 0 Å². The highest BCUT2D eigenvalue weighted by molar-refractivity contribution is 5.90. The van der Waals surface area contributed by atoms with Crippen molar-refractivity contribution < 1.29 is 33.8 Å². The number of rotatable bonds is 21. The van der Waals surface area contributed by atoms with Gasteiger partial charge in [0.2, 0.25) is 23.6 Å². The lowest BCUT2D eigenvalue weighted by atomic mass is 9.89. The maximum Gasteiger partial charge on any atom is 0.245 e. The third-order valence-electron chi connectivity index (χ3n) is 10.8. The highest BCUT2D eigenvalue weighted by Crippen LogP contribution is 2.30. The number of amides is 4. The third kappa shape index (κ3) is 11.7. The van der Waals surface area contributed by atoms with Gasteiger partial charge in [-0.05, 0) is 64.2 Å². The first-order valence-corrected chi connectivity index (χ1v) is 18.9. The monoisotopic (exact) mass is 733 g/mol. The van der Waals surface area contributed by atoms with Crippen LogP contribution in [0.4, 0.5) is 0 Å². The van der Waals surface area contributed by atoms with E-state index in [4.69, 9.17) is 15.2 Å². The van der Waals surface area contributed by atoms with Gasteiger partial charge in [-0.25, -0.2) is 0 Å². The molecule has 0 saturated carbocycles. The molecule has 0 radical (unpaired) electrons. The molecule has 0 aromatic heterocycles. The molecule has 0 bridgehead atoms. The van der Waals surface area contributed by atoms with Gasteiger partial charge in [0, 0.05) is 27.8 Å². The first kappa shape index (κ1) is 45.1. The lowest BCUT2D eigenvalue weighted by molar-refractivity contribution is -0.147. The van der Waals surface area contributed by atoms with Crippen LogP contribution in [0.5, 0.6) is 0 Å². The second-order valence-electron chi connectivity index (χ2n) is 15.0. The molecule has 0 spiro atoms. The minimum Gasteiger partial charge on any atom is -0.386 e. The third-order valence-corrected chi connectivity index (χ3v) is 10.8. The molecule has 4 amide bonds. The van der Waals surface area contributed by atoms with Crippen LogP contribution >= 0.6 is 0 Å². The van der Waals surface area contributed by atoms with E-state index in [1.165, 1.54) is 0 Å². The Morgan fingerprint density at radius 2 is 1.62 bits per heavy atom. The quantitative estimate of drug-likeness (QED) is 0.149. The Balaban J connectivity index is 2.24. The van der Waals surface area contributed by atoms with E-state index in [-0.39, 0.29) is 60.9 Å². The summed E-state index contributed by atoms with van der Waals surface area (Å²) in [7, 11) is 8.47. The Morgan fingerprint density at radius 3 is 2.13 bits per heavy atom. The summed E-state index contributed by atoms with van der Waals surface area (Å²) < 4.78 is 11.9. The van der Waals surface area contributed by atoms with E-state index in [9.17, 15) is 24.3 Å². The van der Waals surface area contributed by atoms with E-state index in [0.29, 0.717) is 18.5 Å². The normalized spacial score (nSPS) is 20.0. The van der Waals surface area contributed by atoms with Gasteiger partial charge in [-0.2, -0.15) is 0 Å². The topological polar surface area (TPSA) is 167 Å². The van der Waals surface area contributed by atoms with Crippen molar-refractivity contribution in [3.63, 3.8) is 0 Å². The summed E-state index contributed by atoms with van der Waals surface area (Å²) in [6.45, 7) is 12.2. The zero-order valence-corrected chi connectivity index (χ0v) is 33.5. The fourth-order valence-electron chi connectivity index (χ4n) is 7.74. The van der Waals surface area contributed by atoms with Crippen molar-refractivity contribution in [1.29, 1.82) is 0 Å². The Bertz CT molecular complexity index is 1260. The van der Waals surface area contributed by atoms with Gasteiger partial charge in [0.15, 0.2) is 0 Å². The molecule has 13 heteroatoms. The maximum atomic E-state index is 14.1. The number of carbonyl (C=O) groups excluding carboxylic acids is 4. The standard InChI is InChI=1S/C39H68N6O7/c1-12-25(4)34(44(9)39(50)29(20-21-40)42-38(49)33(24(2)3)43(7)8)31(51-10)23-32(46)45-22-16-19-30(45)36(52-11)26(5)37(48)41-27(6)35(47)28-17-14-13-15-18-28/h13-15,17-18,24-27,29-31,33-36,47H,12,16,19-23,40H2,1-11H3,(H,41,48)(H,42,49)/t25?,26?,27?,29?,30-,31?,33?,34?,35?,36?/m0/s1. The molecule has 1 aliphatic rings. The van der Waals surface area contributed by atoms with Crippen molar-refractivity contribution in [3.8, 4) is 0 Å². The molecule has 0 aliphatic carbocycles. The Kier molecular flexibility index (Phi) is 18.7. The van der Waals surface area contributed by atoms with E-state index in [0.717, 1.165) is 12.8 Å². The molecular weight excluding hydrogens is 664 g/mol. The average molecular weight is 733 g/mol. The summed E-state index contributed by atoms with van der Waals surface area (Å²) in [4.78, 5) is 60.3. The number of aliphatic hydroxyl groups is 1. The largest absolute Gasteiger partial charge is 0.386 e. The van der Waals surface area contributed by atoms with Crippen LogP contribution in [-0.2, 0) is 28.7 Å². The van der Waals surface area contributed by atoms with Crippen LogP contribution in [-0.4, -0.2) is 134 Å². The van der Waals surface area contributed by atoms with E-state index in [1.54, 1.807) is 44.9 Å². The number of nitrogens with zero attached hydrogens (tertiary/aromatic N) is 3. The summed E-state index contributed by atoms with van der Waals surface area (Å²) >= 11 is 0. The van der Waals surface area contributed by atoms with Gasteiger partial charge < -0.3 is 40.7 Å². The van der Waals surface area contributed by atoms with Gasteiger partial charge >= 0.3 is 0 Å². The zero-order chi connectivity index (χ0) is 39.3. The number of nitrogens with one attached hydrogen (secondary N) is 2. The van der Waals surface area contributed by atoms with Gasteiger partial charge in [0.1, 0.15) is 6.04 Å². The fraction of sp³-hybridized carbons (Fsp3) is 0.744. The molecule has 1 aromatic carbocycles. The predicted molar refractivity (Wildman–Crippen MR) is 203 cm³/mol. The van der Waals surface area contributed by atoms with Crippen molar-refractivity contribution >= 4 is 23.6 Å². The first-order valence-electron chi connectivity index (χ1n) is 18.9. The van der Waals surface area contributed by atoms with Crippen molar-refractivity contribution in [2.24, 2.45) is 23.5 Å². The molecule has 52 heavy (non-hydrogen) atoms. The summed E-state index contributed by atoms with van der Waals surface area (Å²) in [6, 6.07) is 6.55. The van der Waals surface area contributed by atoms with E-state index in [1.807, 2.05) is 77.0 Å². The fourth-order valence-corrected chi connectivity index (χ4v) is 7.74. The number of carbonyl (C=O) groups is 4. The smallest absolute Gasteiger partial charge is 0.245 e. The minimum absolute atomic E-state index is 0.0148. The molecule has 296 valence electrons. The van der Waals surface area contributed by atoms with Crippen molar-refractivity contribution in [2.75, 3.05) is 48.5 Å². The lowest BCUT2D eigenvalue weighted by Crippen LogP contribution is -2.58. The van der Waals surface area contributed by atoms with Crippen LogP contribution in [0.2, 0.25) is 0 Å². The van der Waals surface area contributed by atoms with Crippen LogP contribution < -0.4 is 16.4 Å². The van der Waals surface area contributed by atoms with Gasteiger partial charge in [-0.15, -0.1) is 0 Å². The van der Waals surface area contributed by atoms with Crippen molar-refractivity contribution in [3.05, 3.63) is 35.9 Å². The first-order chi connectivity index (χ1) is 24.5. The summed E-state index contributed by atoms with van der Waals surface area (Å²) in [5, 5.41) is 16.7. The summed E-state index contributed by atoms with van der Waals surface area (Å²) in [5.41, 5.74) is 6.63. The number of hydrogen-bond acceptors (Lipinski definition) is 9. The van der Waals surface area contributed by atoms with E-state index in [2.05, 4.69) is 10.6 Å². The van der Waals surface area contributed by atoms with Crippen molar-refractivity contribution in [2.45, 2.75) is 122 Å². The number of nitrogens with two attached hydrogens (primary N) is 1. The van der Waals surface area contributed by atoms with Gasteiger partial charge in [-0.3, -0.25) is 24.1 Å². The molecule has 1 heterocycles. The Labute approximate surface area is 312 Å². The summed E-state index contributed by atoms with van der Waals surface area (Å²) in [6.07, 6.45) is 0.321. The van der Waals surface area contributed by atoms with E-state index < -0.39 is 48.4 Å². The molecular formula is C39H68N6O7. The maximum absolute atomic E-state index is 14.1. The van der Waals surface area contributed by atoms with Gasteiger partial charge in [-0.1, -0.05) is 71.4 Å². The lowest BCUT2D eigenvalue weighted by Gasteiger charge is -2.40. The number of methoxy groups -OCH3 is 2. The molecule has 1 saturated heterocycles. The number of likely N-dealkylation sites (N-methyl/N-ethyl adjacent to an activating group) is 2. The number of aliphatic hydroxyl groups excluding tert-OH is 1. The SMILES string of the molecule is CCC(C)C(C(CC(=O)N1CCC[C@H]1C(OC)C(C)C(=O)NC(C)C(O)c1ccccc1)OC)N(C)C(=O)C(CCN)NC(=O)C(C(C)C)N(C)C. The Morgan fingerprint density at radius 1 is 0.981 bits per heavy atom. The highest BCUT2D eigenvalue weighted by atomic mass is 16.5. The van der Waals surface area contributed by atoms with Crippen LogP contribution in [0.1, 0.15) is 85.3 Å². The second-order valence-corrected chi connectivity index (χ2v) is 15.0. The van der Waals surface area contributed by atoms with E-state index >= 15 is 0 Å². The molecule has 1 aliphatic heterocycles. The zero-order valence-electron chi connectivity index (χ0n) is 33.5. The van der Waals surface area contributed by atoms with Crippen LogP contribution in [0, 0.1) is 17.8 Å². The predicted octanol–water partition coefficient (Wildman–Crippen LogP) is 2.56. The van der Waals surface area contributed by atoms with Gasteiger partial charge in [0.05, 0.1) is 54.8 Å². The van der Waals surface area contributed by atoms with Crippen molar-refractivity contribution in [1.82, 2.24) is 25.3 Å². The average Bonchev–Trinajstić information content (AvgIpc) is 3.60. The molecule has 9 unspecified atom stereocenters. The summed E-state index contributed by atoms with van der Waals surface area (Å²) in [5.74, 6) is -1.57. The van der Waals surface area contributed by atoms with Crippen LogP contribution in [0.15, 0.2) is 30.3 Å². The molecule has 5 N–H and O–H groups in total. The molecule has 1 aromatic rings. The number of benzene rings is 1. The number of ether oxygens (including phenoxy) is 2.